The highest BCUT2D eigenvalue weighted by molar-refractivity contribution is 5.23. The minimum atomic E-state index is -1.01. The average Bonchev–Trinajstić information content (AvgIpc) is 3.29. The molecule has 0 unspecified atom stereocenters. The van der Waals surface area contributed by atoms with Gasteiger partial charge in [0.2, 0.25) is 0 Å². The van der Waals surface area contributed by atoms with Gasteiger partial charge in [0.05, 0.1) is 6.61 Å². The first kappa shape index (κ1) is 20.6. The molecule has 0 saturated carbocycles. The zero-order valence-electron chi connectivity index (χ0n) is 17.2. The molecule has 1 N–H and O–H groups in total. The van der Waals surface area contributed by atoms with Gasteiger partial charge < -0.3 is 33.5 Å². The third-order valence-corrected chi connectivity index (χ3v) is 5.22. The summed E-state index contributed by atoms with van der Waals surface area (Å²) in [5.41, 5.74) is 3.40. The fourth-order valence-electron chi connectivity index (χ4n) is 3.95. The Morgan fingerprint density at radius 1 is 1.10 bits per heavy atom. The number of rotatable bonds is 5. The molecule has 3 fully saturated rings. The number of hydrogen-bond donors (Lipinski definition) is 1. The highest BCUT2D eigenvalue weighted by atomic mass is 16.8. The van der Waals surface area contributed by atoms with Crippen molar-refractivity contribution >= 4 is 0 Å². The van der Waals surface area contributed by atoms with Gasteiger partial charge in [-0.05, 0) is 33.3 Å². The Hall–Kier alpha value is -1.70. The molecule has 0 bridgehead atoms. The molecule has 0 amide bonds. The summed E-state index contributed by atoms with van der Waals surface area (Å²) in [5.74, 6) is -1.32. The number of hydrogen-bond acceptors (Lipinski definition) is 7. The van der Waals surface area contributed by atoms with Gasteiger partial charge in [0.15, 0.2) is 35.8 Å². The van der Waals surface area contributed by atoms with Crippen LogP contribution in [-0.2, 0) is 28.4 Å². The summed E-state index contributed by atoms with van der Waals surface area (Å²) < 4.78 is 35.9. The van der Waals surface area contributed by atoms with E-state index in [-0.39, 0.29) is 11.9 Å². The van der Waals surface area contributed by atoms with Crippen LogP contribution in [0.2, 0.25) is 0 Å². The zero-order valence-corrected chi connectivity index (χ0v) is 17.2. The van der Waals surface area contributed by atoms with E-state index in [0.717, 1.165) is 0 Å². The Balaban J connectivity index is 1.57. The third-order valence-electron chi connectivity index (χ3n) is 5.22. The van der Waals surface area contributed by atoms with E-state index in [1.807, 2.05) is 58.0 Å². The smallest absolute Gasteiger partial charge is 0.191 e. The molecule has 1 aromatic rings. The molecule has 1 aromatic carbocycles. The first-order valence-corrected chi connectivity index (χ1v) is 9.81. The average molecular weight is 404 g/mol. The normalized spacial score (nSPS) is 35.7. The van der Waals surface area contributed by atoms with Crippen LogP contribution in [0, 0.1) is 0 Å². The Morgan fingerprint density at radius 2 is 1.83 bits per heavy atom. The Kier molecular flexibility index (Phi) is 5.34. The van der Waals surface area contributed by atoms with Crippen LogP contribution in [0.15, 0.2) is 48.4 Å². The monoisotopic (exact) mass is 404 g/mol. The van der Waals surface area contributed by atoms with Crippen LogP contribution >= 0.6 is 0 Å². The molecule has 3 aliphatic rings. The molecule has 0 spiro atoms. The van der Waals surface area contributed by atoms with Gasteiger partial charge in [0.1, 0.15) is 18.3 Å². The van der Waals surface area contributed by atoms with E-state index in [1.54, 1.807) is 0 Å². The Bertz CT molecular complexity index is 784. The first-order chi connectivity index (χ1) is 13.7. The molecule has 3 aliphatic heterocycles. The summed E-state index contributed by atoms with van der Waals surface area (Å²) in [6.07, 6.45) is -3.57. The second kappa shape index (κ2) is 7.52. The van der Waals surface area contributed by atoms with Gasteiger partial charge in [0, 0.05) is 0 Å². The molecule has 0 aromatic heterocycles. The molecule has 3 heterocycles. The van der Waals surface area contributed by atoms with Crippen molar-refractivity contribution in [3.8, 4) is 0 Å². The van der Waals surface area contributed by atoms with E-state index in [9.17, 15) is 5.11 Å². The second-order valence-electron chi connectivity index (χ2n) is 8.37. The maximum absolute atomic E-state index is 10.8. The summed E-state index contributed by atoms with van der Waals surface area (Å²) in [4.78, 5) is 0. The molecule has 6 atom stereocenters. The Morgan fingerprint density at radius 3 is 2.45 bits per heavy atom. The number of ether oxygens (including phenoxy) is 6. The lowest BCUT2D eigenvalue weighted by Crippen LogP contribution is -2.44. The van der Waals surface area contributed by atoms with Crippen molar-refractivity contribution in [1.29, 1.82) is 0 Å². The number of fused-ring (bicyclic) bond motifs is 1. The summed E-state index contributed by atoms with van der Waals surface area (Å²) in [7, 11) is 0. The lowest BCUT2D eigenvalue weighted by atomic mass is 10.0. The molecule has 29 heavy (non-hydrogen) atoms. The highest BCUT2D eigenvalue weighted by Crippen LogP contribution is 2.43. The molecule has 7 nitrogen and oxygen atoms in total. The van der Waals surface area contributed by atoms with Gasteiger partial charge in [-0.1, -0.05) is 42.6 Å². The zero-order chi connectivity index (χ0) is 20.8. The SMILES string of the molecule is C=C=C(O[C@@H]1[C@H]2OC(C)(C)O[C@H]2O[C@@H]1[C@H]1COC(C)(C)O1)[C@H](O)c1ccccc1. The van der Waals surface area contributed by atoms with Gasteiger partial charge in [-0.25, -0.2) is 0 Å². The van der Waals surface area contributed by atoms with Gasteiger partial charge >= 0.3 is 0 Å². The third kappa shape index (κ3) is 4.13. The lowest BCUT2D eigenvalue weighted by Gasteiger charge is -2.30. The predicted octanol–water partition coefficient (Wildman–Crippen LogP) is 2.80. The van der Waals surface area contributed by atoms with Gasteiger partial charge in [-0.15, -0.1) is 0 Å². The topological polar surface area (TPSA) is 75.6 Å². The van der Waals surface area contributed by atoms with E-state index in [0.29, 0.717) is 12.2 Å². The predicted molar refractivity (Wildman–Crippen MR) is 103 cm³/mol. The standard InChI is InChI=1S/C22H28O7/c1-6-14(16(23)13-10-8-7-9-11-13)25-18-17(15-12-24-21(2,3)27-15)26-20-19(18)28-22(4,5)29-20/h7-11,15-20,23H,1,12H2,2-5H3/t15-,16-,17-,18+,19-,20-/m1/s1. The molecule has 0 aliphatic carbocycles. The van der Waals surface area contributed by atoms with Crippen molar-refractivity contribution in [1.82, 2.24) is 0 Å². The second-order valence-corrected chi connectivity index (χ2v) is 8.37. The van der Waals surface area contributed by atoms with Gasteiger partial charge in [-0.2, -0.15) is 0 Å². The number of aliphatic hydroxyl groups excluding tert-OH is 1. The lowest BCUT2D eigenvalue weighted by molar-refractivity contribution is -0.234. The molecule has 4 rings (SSSR count). The van der Waals surface area contributed by atoms with E-state index < -0.39 is 42.3 Å². The van der Waals surface area contributed by atoms with Crippen LogP contribution in [0.1, 0.15) is 39.4 Å². The maximum Gasteiger partial charge on any atom is 0.191 e. The fraction of sp³-hybridized carbons (Fsp3) is 0.591. The molecule has 0 radical (unpaired) electrons. The molecular weight excluding hydrogens is 376 g/mol. The van der Waals surface area contributed by atoms with Crippen LogP contribution in [0.5, 0.6) is 0 Å². The van der Waals surface area contributed by atoms with Crippen molar-refractivity contribution in [3.63, 3.8) is 0 Å². The van der Waals surface area contributed by atoms with Crippen molar-refractivity contribution < 1.29 is 33.5 Å². The van der Waals surface area contributed by atoms with Crippen LogP contribution in [0.3, 0.4) is 0 Å². The van der Waals surface area contributed by atoms with E-state index >= 15 is 0 Å². The van der Waals surface area contributed by atoms with Crippen molar-refractivity contribution in [2.75, 3.05) is 6.61 Å². The molecule has 3 saturated heterocycles. The van der Waals surface area contributed by atoms with Crippen molar-refractivity contribution in [2.24, 2.45) is 0 Å². The first-order valence-electron chi connectivity index (χ1n) is 9.81. The van der Waals surface area contributed by atoms with E-state index in [2.05, 4.69) is 12.3 Å². The van der Waals surface area contributed by atoms with E-state index in [1.165, 1.54) is 0 Å². The number of benzene rings is 1. The van der Waals surface area contributed by atoms with Crippen LogP contribution < -0.4 is 0 Å². The van der Waals surface area contributed by atoms with Crippen LogP contribution in [-0.4, -0.2) is 54.0 Å². The summed E-state index contributed by atoms with van der Waals surface area (Å²) in [6, 6.07) is 9.19. The Labute approximate surface area is 170 Å². The minimum absolute atomic E-state index is 0.196. The quantitative estimate of drug-likeness (QED) is 0.597. The van der Waals surface area contributed by atoms with Crippen molar-refractivity contribution in [2.45, 2.75) is 76.1 Å². The maximum atomic E-state index is 10.8. The number of aliphatic hydroxyl groups is 1. The van der Waals surface area contributed by atoms with Gasteiger partial charge in [0.25, 0.3) is 0 Å². The molecule has 158 valence electrons. The van der Waals surface area contributed by atoms with E-state index in [4.69, 9.17) is 28.4 Å². The van der Waals surface area contributed by atoms with Crippen LogP contribution in [0.25, 0.3) is 0 Å². The molecular formula is C22H28O7. The highest BCUT2D eigenvalue weighted by Gasteiger charge is 2.59. The van der Waals surface area contributed by atoms with Gasteiger partial charge in [-0.3, -0.25) is 0 Å². The molecule has 7 heteroatoms. The largest absolute Gasteiger partial charge is 0.478 e. The van der Waals surface area contributed by atoms with Crippen molar-refractivity contribution in [3.05, 3.63) is 54.0 Å². The van der Waals surface area contributed by atoms with Crippen LogP contribution in [0.4, 0.5) is 0 Å². The summed E-state index contributed by atoms with van der Waals surface area (Å²) >= 11 is 0. The summed E-state index contributed by atoms with van der Waals surface area (Å²) in [6.45, 7) is 11.4. The summed E-state index contributed by atoms with van der Waals surface area (Å²) in [5, 5.41) is 10.8. The fourth-order valence-corrected chi connectivity index (χ4v) is 3.95. The minimum Gasteiger partial charge on any atom is -0.478 e.